The summed E-state index contributed by atoms with van der Waals surface area (Å²) >= 11 is 0. The number of hydrogen-bond acceptors (Lipinski definition) is 5. The van der Waals surface area contributed by atoms with Crippen molar-refractivity contribution in [2.75, 3.05) is 39.4 Å². The van der Waals surface area contributed by atoms with Gasteiger partial charge in [0.15, 0.2) is 6.29 Å². The minimum atomic E-state index is -3.58. The highest BCUT2D eigenvalue weighted by molar-refractivity contribution is 7.89. The number of aryl methyl sites for hydroxylation is 2. The van der Waals surface area contributed by atoms with E-state index < -0.39 is 10.0 Å². The predicted octanol–water partition coefficient (Wildman–Crippen LogP) is 2.93. The molecular formula is C24H36N2O5S. The van der Waals surface area contributed by atoms with Gasteiger partial charge in [0.25, 0.3) is 0 Å². The fourth-order valence-corrected chi connectivity index (χ4v) is 7.38. The van der Waals surface area contributed by atoms with Crippen molar-refractivity contribution in [2.24, 2.45) is 11.8 Å². The van der Waals surface area contributed by atoms with Crippen LogP contribution in [0.5, 0.6) is 0 Å². The Morgan fingerprint density at radius 2 is 1.41 bits per heavy atom. The highest BCUT2D eigenvalue weighted by Crippen LogP contribution is 2.32. The summed E-state index contributed by atoms with van der Waals surface area (Å²) in [6.07, 6.45) is 2.84. The smallest absolute Gasteiger partial charge is 0.243 e. The van der Waals surface area contributed by atoms with Gasteiger partial charge in [0.05, 0.1) is 18.1 Å². The van der Waals surface area contributed by atoms with Crippen LogP contribution in [0.1, 0.15) is 47.9 Å². The van der Waals surface area contributed by atoms with Gasteiger partial charge in [0.2, 0.25) is 15.9 Å². The lowest BCUT2D eigenvalue weighted by Crippen LogP contribution is -2.47. The van der Waals surface area contributed by atoms with E-state index in [0.717, 1.165) is 48.2 Å². The van der Waals surface area contributed by atoms with E-state index in [9.17, 15) is 13.2 Å². The predicted molar refractivity (Wildman–Crippen MR) is 122 cm³/mol. The number of piperidine rings is 2. The molecule has 178 valence electrons. The summed E-state index contributed by atoms with van der Waals surface area (Å²) in [5, 5.41) is 0. The molecule has 7 nitrogen and oxygen atoms in total. The number of benzene rings is 1. The molecule has 1 aromatic rings. The number of amides is 1. The average Bonchev–Trinajstić information content (AvgIpc) is 3.32. The molecule has 8 heteroatoms. The van der Waals surface area contributed by atoms with Gasteiger partial charge >= 0.3 is 0 Å². The largest absolute Gasteiger partial charge is 0.350 e. The first-order valence-corrected chi connectivity index (χ1v) is 13.2. The minimum absolute atomic E-state index is 0.0987. The van der Waals surface area contributed by atoms with Gasteiger partial charge in [-0.15, -0.1) is 0 Å². The average molecular weight is 465 g/mol. The topological polar surface area (TPSA) is 76.2 Å². The fraction of sp³-hybridized carbons (Fsp3) is 0.708. The maximum absolute atomic E-state index is 13.5. The van der Waals surface area contributed by atoms with Crippen LogP contribution in [0.4, 0.5) is 0 Å². The van der Waals surface area contributed by atoms with Crippen molar-refractivity contribution in [2.45, 2.75) is 64.6 Å². The molecule has 1 amide bonds. The number of nitrogens with zero attached hydrogens (tertiary/aromatic N) is 2. The molecule has 0 bridgehead atoms. The molecule has 3 fully saturated rings. The normalized spacial score (nSPS) is 22.6. The van der Waals surface area contributed by atoms with Gasteiger partial charge in [-0.3, -0.25) is 4.79 Å². The van der Waals surface area contributed by atoms with E-state index >= 15 is 0 Å². The van der Waals surface area contributed by atoms with Gasteiger partial charge in [0, 0.05) is 38.0 Å². The number of ether oxygens (including phenoxy) is 2. The second-order valence-electron chi connectivity index (χ2n) is 9.54. The Morgan fingerprint density at radius 1 is 0.875 bits per heavy atom. The molecule has 0 radical (unpaired) electrons. The van der Waals surface area contributed by atoms with E-state index in [1.165, 1.54) is 0 Å². The van der Waals surface area contributed by atoms with Crippen molar-refractivity contribution >= 4 is 15.9 Å². The summed E-state index contributed by atoms with van der Waals surface area (Å²) in [6.45, 7) is 11.2. The van der Waals surface area contributed by atoms with Crippen molar-refractivity contribution in [1.82, 2.24) is 9.21 Å². The Bertz CT molecular complexity index is 929. The summed E-state index contributed by atoms with van der Waals surface area (Å²) in [6, 6.07) is 2.04. The number of carbonyl (C=O) groups excluding carboxylic acids is 1. The van der Waals surface area contributed by atoms with Crippen molar-refractivity contribution in [3.05, 3.63) is 28.3 Å². The van der Waals surface area contributed by atoms with Crippen LogP contribution in [-0.4, -0.2) is 69.2 Å². The van der Waals surface area contributed by atoms with Crippen LogP contribution in [0, 0.1) is 39.5 Å². The Kier molecular flexibility index (Phi) is 6.96. The van der Waals surface area contributed by atoms with Crippen molar-refractivity contribution < 1.29 is 22.7 Å². The van der Waals surface area contributed by atoms with Crippen LogP contribution in [0.3, 0.4) is 0 Å². The summed E-state index contributed by atoms with van der Waals surface area (Å²) in [5.41, 5.74) is 3.64. The van der Waals surface area contributed by atoms with E-state index in [-0.39, 0.29) is 18.1 Å². The number of carbonyl (C=O) groups is 1. The second-order valence-corrected chi connectivity index (χ2v) is 11.4. The molecule has 3 heterocycles. The van der Waals surface area contributed by atoms with Crippen molar-refractivity contribution in [3.8, 4) is 0 Å². The van der Waals surface area contributed by atoms with Crippen LogP contribution in [0.2, 0.25) is 0 Å². The molecule has 1 aromatic carbocycles. The number of hydrogen-bond donors (Lipinski definition) is 0. The molecule has 3 saturated heterocycles. The molecule has 32 heavy (non-hydrogen) atoms. The standard InChI is InChI=1S/C24H36N2O5S/c1-16-15-17(2)19(4)22(18(16)3)32(28,29)26-11-7-20(8-12-26)23(27)25-9-5-21(6-10-25)24-30-13-14-31-24/h15,20-21,24H,5-14H2,1-4H3. The third-order valence-corrected chi connectivity index (χ3v) is 9.76. The SMILES string of the molecule is Cc1cc(C)c(C)c(S(=O)(=O)N2CCC(C(=O)N3CCC(C4OCCO4)CC3)CC2)c1C. The quantitative estimate of drug-likeness (QED) is 0.685. The van der Waals surface area contributed by atoms with Crippen LogP contribution < -0.4 is 0 Å². The highest BCUT2D eigenvalue weighted by Gasteiger charge is 2.37. The lowest BCUT2D eigenvalue weighted by atomic mass is 9.92. The summed E-state index contributed by atoms with van der Waals surface area (Å²) in [5.74, 6) is 0.434. The molecule has 0 saturated carbocycles. The van der Waals surface area contributed by atoms with Crippen LogP contribution in [0.15, 0.2) is 11.0 Å². The number of likely N-dealkylation sites (tertiary alicyclic amines) is 1. The molecule has 3 aliphatic heterocycles. The number of sulfonamides is 1. The van der Waals surface area contributed by atoms with E-state index in [1.54, 1.807) is 4.31 Å². The molecule has 4 rings (SSSR count). The summed E-state index contributed by atoms with van der Waals surface area (Å²) in [4.78, 5) is 15.5. The second kappa shape index (κ2) is 9.41. The van der Waals surface area contributed by atoms with Gasteiger partial charge in [-0.1, -0.05) is 6.07 Å². The lowest BCUT2D eigenvalue weighted by Gasteiger charge is -2.38. The lowest BCUT2D eigenvalue weighted by molar-refractivity contribution is -0.142. The Morgan fingerprint density at radius 3 is 1.94 bits per heavy atom. The Hall–Kier alpha value is -1.48. The maximum atomic E-state index is 13.5. The molecular weight excluding hydrogens is 428 g/mol. The third kappa shape index (κ3) is 4.47. The Balaban J connectivity index is 1.37. The van der Waals surface area contributed by atoms with Gasteiger partial charge < -0.3 is 14.4 Å². The first-order valence-electron chi connectivity index (χ1n) is 11.8. The van der Waals surface area contributed by atoms with E-state index in [1.807, 2.05) is 38.7 Å². The van der Waals surface area contributed by atoms with Gasteiger partial charge in [-0.2, -0.15) is 4.31 Å². The third-order valence-electron chi connectivity index (χ3n) is 7.58. The van der Waals surface area contributed by atoms with Crippen LogP contribution >= 0.6 is 0 Å². The van der Waals surface area contributed by atoms with Crippen molar-refractivity contribution in [3.63, 3.8) is 0 Å². The molecule has 0 aromatic heterocycles. The molecule has 0 unspecified atom stereocenters. The van der Waals surface area contributed by atoms with Gasteiger partial charge in [-0.25, -0.2) is 8.42 Å². The van der Waals surface area contributed by atoms with Gasteiger partial charge in [-0.05, 0) is 75.6 Å². The zero-order valence-corrected chi connectivity index (χ0v) is 20.5. The molecule has 0 atom stereocenters. The first-order chi connectivity index (χ1) is 15.2. The summed E-state index contributed by atoms with van der Waals surface area (Å²) in [7, 11) is -3.58. The van der Waals surface area contributed by atoms with E-state index in [0.29, 0.717) is 50.0 Å². The van der Waals surface area contributed by atoms with Crippen molar-refractivity contribution in [1.29, 1.82) is 0 Å². The fourth-order valence-electron chi connectivity index (χ4n) is 5.34. The monoisotopic (exact) mass is 464 g/mol. The minimum Gasteiger partial charge on any atom is -0.350 e. The van der Waals surface area contributed by atoms with E-state index in [2.05, 4.69) is 0 Å². The maximum Gasteiger partial charge on any atom is 0.243 e. The molecule has 0 aliphatic carbocycles. The first kappa shape index (κ1) is 23.7. The number of rotatable bonds is 4. The zero-order valence-electron chi connectivity index (χ0n) is 19.7. The molecule has 0 N–H and O–H groups in total. The van der Waals surface area contributed by atoms with Crippen LogP contribution in [0.25, 0.3) is 0 Å². The molecule has 3 aliphatic rings. The highest BCUT2D eigenvalue weighted by atomic mass is 32.2. The van der Waals surface area contributed by atoms with Gasteiger partial charge in [0.1, 0.15) is 0 Å². The van der Waals surface area contributed by atoms with Crippen LogP contribution in [-0.2, 0) is 24.3 Å². The zero-order chi connectivity index (χ0) is 23.0. The van der Waals surface area contributed by atoms with E-state index in [4.69, 9.17) is 9.47 Å². The Labute approximate surface area is 192 Å². The summed E-state index contributed by atoms with van der Waals surface area (Å²) < 4.78 is 39.8. The molecule has 0 spiro atoms.